The first-order valence-corrected chi connectivity index (χ1v) is 8.49. The highest BCUT2D eigenvalue weighted by atomic mass is 16.2. The number of amides is 2. The molecule has 0 spiro atoms. The zero-order valence-electron chi connectivity index (χ0n) is 13.8. The van der Waals surface area contributed by atoms with Gasteiger partial charge in [-0.25, -0.2) is 0 Å². The van der Waals surface area contributed by atoms with E-state index in [1.807, 2.05) is 17.0 Å². The Balaban J connectivity index is 1.48. The quantitative estimate of drug-likeness (QED) is 0.843. The van der Waals surface area contributed by atoms with Gasteiger partial charge in [-0.15, -0.1) is 0 Å². The molecule has 0 atom stereocenters. The molecule has 1 saturated carbocycles. The SMILES string of the molecule is CN1CCN(C(=O)CCCNC(=O)C2CC2)Cc2ccccc21. The number of hydrogen-bond donors (Lipinski definition) is 1. The van der Waals surface area contributed by atoms with E-state index in [4.69, 9.17) is 0 Å². The van der Waals surface area contributed by atoms with Crippen LogP contribution in [0.2, 0.25) is 0 Å². The Morgan fingerprint density at radius 2 is 2.00 bits per heavy atom. The normalized spacial score (nSPS) is 17.4. The molecule has 1 aromatic carbocycles. The lowest BCUT2D eigenvalue weighted by atomic mass is 10.1. The van der Waals surface area contributed by atoms with Gasteiger partial charge < -0.3 is 15.1 Å². The molecule has 5 nitrogen and oxygen atoms in total. The van der Waals surface area contributed by atoms with Gasteiger partial charge in [0.05, 0.1) is 0 Å². The molecule has 0 radical (unpaired) electrons. The summed E-state index contributed by atoms with van der Waals surface area (Å²) in [5.41, 5.74) is 2.40. The summed E-state index contributed by atoms with van der Waals surface area (Å²) < 4.78 is 0. The number of carbonyl (C=O) groups is 2. The van der Waals surface area contributed by atoms with Gasteiger partial charge in [0.2, 0.25) is 11.8 Å². The molecular weight excluding hydrogens is 290 g/mol. The van der Waals surface area contributed by atoms with Crippen molar-refractivity contribution in [2.45, 2.75) is 32.2 Å². The molecule has 0 saturated heterocycles. The summed E-state index contributed by atoms with van der Waals surface area (Å²) in [6.07, 6.45) is 3.25. The van der Waals surface area contributed by atoms with Crippen molar-refractivity contribution < 1.29 is 9.59 Å². The average Bonchev–Trinajstić information content (AvgIpc) is 3.40. The molecule has 0 bridgehead atoms. The summed E-state index contributed by atoms with van der Waals surface area (Å²) in [7, 11) is 2.07. The van der Waals surface area contributed by atoms with Crippen LogP contribution in [0, 0.1) is 5.92 Å². The number of hydrogen-bond acceptors (Lipinski definition) is 3. The number of fused-ring (bicyclic) bond motifs is 1. The van der Waals surface area contributed by atoms with Gasteiger partial charge in [-0.1, -0.05) is 18.2 Å². The fraction of sp³-hybridized carbons (Fsp3) is 0.556. The minimum Gasteiger partial charge on any atom is -0.373 e. The third-order valence-electron chi connectivity index (χ3n) is 4.64. The Morgan fingerprint density at radius 1 is 1.22 bits per heavy atom. The van der Waals surface area contributed by atoms with Gasteiger partial charge in [-0.2, -0.15) is 0 Å². The molecule has 2 amide bonds. The maximum absolute atomic E-state index is 12.5. The maximum Gasteiger partial charge on any atom is 0.223 e. The molecule has 23 heavy (non-hydrogen) atoms. The standard InChI is InChI=1S/C18H25N3O2/c1-20-11-12-21(13-15-5-2-3-6-16(15)20)17(22)7-4-10-19-18(23)14-8-9-14/h2-3,5-6,14H,4,7-13H2,1H3,(H,19,23). The minimum absolute atomic E-state index is 0.155. The molecule has 0 unspecified atom stereocenters. The van der Waals surface area contributed by atoms with Crippen molar-refractivity contribution in [2.75, 3.05) is 31.6 Å². The van der Waals surface area contributed by atoms with Gasteiger partial charge in [-0.05, 0) is 30.9 Å². The number of anilines is 1. The van der Waals surface area contributed by atoms with Gasteiger partial charge in [0.1, 0.15) is 0 Å². The smallest absolute Gasteiger partial charge is 0.223 e. The van der Waals surface area contributed by atoms with Gasteiger partial charge in [-0.3, -0.25) is 9.59 Å². The van der Waals surface area contributed by atoms with Crippen molar-refractivity contribution in [2.24, 2.45) is 5.92 Å². The summed E-state index contributed by atoms with van der Waals surface area (Å²) in [6, 6.07) is 8.26. The molecule has 1 N–H and O–H groups in total. The van der Waals surface area contributed by atoms with Gasteiger partial charge in [0.15, 0.2) is 0 Å². The zero-order chi connectivity index (χ0) is 16.2. The first-order chi connectivity index (χ1) is 11.1. The third-order valence-corrected chi connectivity index (χ3v) is 4.64. The van der Waals surface area contributed by atoms with Gasteiger partial charge in [0.25, 0.3) is 0 Å². The van der Waals surface area contributed by atoms with Crippen molar-refractivity contribution in [3.63, 3.8) is 0 Å². The number of para-hydroxylation sites is 1. The molecule has 1 aromatic rings. The van der Waals surface area contributed by atoms with Crippen molar-refractivity contribution in [3.05, 3.63) is 29.8 Å². The molecule has 3 rings (SSSR count). The summed E-state index contributed by atoms with van der Waals surface area (Å²) in [5, 5.41) is 2.92. The van der Waals surface area contributed by atoms with Crippen LogP contribution < -0.4 is 10.2 Å². The van der Waals surface area contributed by atoms with E-state index in [0.717, 1.165) is 25.9 Å². The predicted octanol–water partition coefficient (Wildman–Crippen LogP) is 1.77. The minimum atomic E-state index is 0.155. The highest BCUT2D eigenvalue weighted by molar-refractivity contribution is 5.81. The van der Waals surface area contributed by atoms with E-state index >= 15 is 0 Å². The van der Waals surface area contributed by atoms with Gasteiger partial charge in [0, 0.05) is 51.3 Å². The molecule has 0 aromatic heterocycles. The summed E-state index contributed by atoms with van der Waals surface area (Å²) in [6.45, 7) is 2.87. The number of nitrogens with one attached hydrogen (secondary N) is 1. The average molecular weight is 315 g/mol. The van der Waals surface area contributed by atoms with Crippen molar-refractivity contribution in [1.82, 2.24) is 10.2 Å². The van der Waals surface area contributed by atoms with Crippen molar-refractivity contribution in [3.8, 4) is 0 Å². The lowest BCUT2D eigenvalue weighted by Gasteiger charge is -2.21. The fourth-order valence-electron chi connectivity index (χ4n) is 3.00. The van der Waals surface area contributed by atoms with Crippen LogP contribution in [0.3, 0.4) is 0 Å². The molecule has 2 aliphatic rings. The van der Waals surface area contributed by atoms with Crippen LogP contribution in [0.5, 0.6) is 0 Å². The zero-order valence-corrected chi connectivity index (χ0v) is 13.8. The second-order valence-corrected chi connectivity index (χ2v) is 6.53. The molecule has 1 fully saturated rings. The number of carbonyl (C=O) groups excluding carboxylic acids is 2. The Kier molecular flexibility index (Phi) is 4.84. The Morgan fingerprint density at radius 3 is 2.78 bits per heavy atom. The van der Waals surface area contributed by atoms with E-state index in [1.54, 1.807) is 0 Å². The number of nitrogens with zero attached hydrogens (tertiary/aromatic N) is 2. The van der Waals surface area contributed by atoms with Crippen LogP contribution in [0.4, 0.5) is 5.69 Å². The van der Waals surface area contributed by atoms with E-state index in [0.29, 0.717) is 25.9 Å². The Bertz CT molecular complexity index is 583. The van der Waals surface area contributed by atoms with E-state index in [1.165, 1.54) is 11.3 Å². The summed E-state index contributed by atoms with van der Waals surface area (Å²) in [5.74, 6) is 0.571. The van der Waals surface area contributed by atoms with E-state index in [-0.39, 0.29) is 17.7 Å². The first-order valence-electron chi connectivity index (χ1n) is 8.49. The maximum atomic E-state index is 12.5. The molecular formula is C18H25N3O2. The second-order valence-electron chi connectivity index (χ2n) is 6.53. The summed E-state index contributed by atoms with van der Waals surface area (Å²) >= 11 is 0. The van der Waals surface area contributed by atoms with E-state index in [2.05, 4.69) is 29.4 Å². The largest absolute Gasteiger partial charge is 0.373 e. The highest BCUT2D eigenvalue weighted by Crippen LogP contribution is 2.28. The van der Waals surface area contributed by atoms with Gasteiger partial charge >= 0.3 is 0 Å². The number of benzene rings is 1. The van der Waals surface area contributed by atoms with Crippen LogP contribution >= 0.6 is 0 Å². The van der Waals surface area contributed by atoms with E-state index in [9.17, 15) is 9.59 Å². The lowest BCUT2D eigenvalue weighted by molar-refractivity contribution is -0.132. The number of rotatable bonds is 5. The topological polar surface area (TPSA) is 52.6 Å². The number of likely N-dealkylation sites (N-methyl/N-ethyl adjacent to an activating group) is 1. The van der Waals surface area contributed by atoms with Crippen LogP contribution in [-0.2, 0) is 16.1 Å². The second kappa shape index (κ2) is 7.02. The van der Waals surface area contributed by atoms with Crippen LogP contribution in [0.1, 0.15) is 31.2 Å². The molecule has 5 heteroatoms. The molecule has 1 aliphatic heterocycles. The molecule has 1 aliphatic carbocycles. The third kappa shape index (κ3) is 4.03. The van der Waals surface area contributed by atoms with Crippen LogP contribution in [0.15, 0.2) is 24.3 Å². The van der Waals surface area contributed by atoms with Crippen LogP contribution in [-0.4, -0.2) is 43.4 Å². The Labute approximate surface area is 137 Å². The fourth-order valence-corrected chi connectivity index (χ4v) is 3.00. The van der Waals surface area contributed by atoms with Crippen molar-refractivity contribution >= 4 is 17.5 Å². The van der Waals surface area contributed by atoms with Crippen LogP contribution in [0.25, 0.3) is 0 Å². The Hall–Kier alpha value is -2.04. The van der Waals surface area contributed by atoms with E-state index < -0.39 is 0 Å². The highest BCUT2D eigenvalue weighted by Gasteiger charge is 2.29. The predicted molar refractivity (Wildman–Crippen MR) is 90.1 cm³/mol. The molecule has 1 heterocycles. The first kappa shape index (κ1) is 15.8. The summed E-state index contributed by atoms with van der Waals surface area (Å²) in [4.78, 5) is 28.2. The lowest BCUT2D eigenvalue weighted by Crippen LogP contribution is -2.35. The molecule has 124 valence electrons. The monoisotopic (exact) mass is 315 g/mol. The van der Waals surface area contributed by atoms with Crippen molar-refractivity contribution in [1.29, 1.82) is 0 Å².